The molecule has 154 valence electrons. The molecule has 1 aromatic heterocycles. The quantitative estimate of drug-likeness (QED) is 0.824. The molecule has 2 N–H and O–H groups in total. The van der Waals surface area contributed by atoms with E-state index in [4.69, 9.17) is 9.72 Å². The summed E-state index contributed by atoms with van der Waals surface area (Å²) in [5, 5.41) is 6.71. The molecule has 2 saturated heterocycles. The smallest absolute Gasteiger partial charge is 0.226 e. The van der Waals surface area contributed by atoms with Gasteiger partial charge in [-0.25, -0.2) is 9.97 Å². The van der Waals surface area contributed by atoms with Gasteiger partial charge in [-0.05, 0) is 44.2 Å². The zero-order chi connectivity index (χ0) is 19.8. The van der Waals surface area contributed by atoms with Crippen LogP contribution in [0.1, 0.15) is 57.3 Å². The minimum Gasteiger partial charge on any atom is -0.378 e. The summed E-state index contributed by atoms with van der Waals surface area (Å²) in [6.45, 7) is 11.5. The highest BCUT2D eigenvalue weighted by atomic mass is 16.5. The summed E-state index contributed by atoms with van der Waals surface area (Å²) in [7, 11) is 0. The van der Waals surface area contributed by atoms with Gasteiger partial charge in [-0.2, -0.15) is 0 Å². The van der Waals surface area contributed by atoms with Crippen LogP contribution < -0.4 is 15.5 Å². The molecule has 0 radical (unpaired) electrons. The standard InChI is InChI=1S/C21H33N5O2/c1-20(2)12-16(24-18(27)21(3)4-6-22-7-5-21)15-14-23-19(25-17(15)13-20)26-8-10-28-11-9-26/h14,16,22H,4-13H2,1-3H3,(H,24,27)/t16-/m0/s1. The second kappa shape index (κ2) is 7.59. The van der Waals surface area contributed by atoms with Gasteiger partial charge in [-0.3, -0.25) is 4.79 Å². The predicted molar refractivity (Wildman–Crippen MR) is 108 cm³/mol. The largest absolute Gasteiger partial charge is 0.378 e. The maximum Gasteiger partial charge on any atom is 0.226 e. The van der Waals surface area contributed by atoms with E-state index >= 15 is 0 Å². The number of ether oxygens (including phenoxy) is 1. The van der Waals surface area contributed by atoms with E-state index < -0.39 is 0 Å². The number of carbonyl (C=O) groups excluding carboxylic acids is 1. The van der Waals surface area contributed by atoms with Gasteiger partial charge in [-0.1, -0.05) is 20.8 Å². The molecule has 3 heterocycles. The molecule has 3 aliphatic rings. The summed E-state index contributed by atoms with van der Waals surface area (Å²) in [6.07, 6.45) is 5.54. The van der Waals surface area contributed by atoms with Gasteiger partial charge in [-0.15, -0.1) is 0 Å². The third kappa shape index (κ3) is 4.01. The SMILES string of the molecule is CC1(C)Cc2nc(N3CCOCC3)ncc2[C@@H](NC(=O)C2(C)CCNCC2)C1. The average Bonchev–Trinajstić information content (AvgIpc) is 2.68. The molecule has 0 unspecified atom stereocenters. The Morgan fingerprint density at radius 2 is 1.96 bits per heavy atom. The van der Waals surface area contributed by atoms with Crippen LogP contribution in [0, 0.1) is 10.8 Å². The minimum absolute atomic E-state index is 0.0169. The second-order valence-corrected chi connectivity index (χ2v) is 9.55. The van der Waals surface area contributed by atoms with Crippen LogP contribution in [0.4, 0.5) is 5.95 Å². The van der Waals surface area contributed by atoms with Crippen molar-refractivity contribution in [2.45, 2.75) is 52.5 Å². The van der Waals surface area contributed by atoms with Crippen molar-refractivity contribution in [2.75, 3.05) is 44.3 Å². The first-order chi connectivity index (χ1) is 13.4. The van der Waals surface area contributed by atoms with Gasteiger partial charge >= 0.3 is 0 Å². The number of rotatable bonds is 3. The highest BCUT2D eigenvalue weighted by molar-refractivity contribution is 5.82. The van der Waals surface area contributed by atoms with E-state index in [0.717, 1.165) is 82.3 Å². The number of morpholine rings is 1. The zero-order valence-electron chi connectivity index (χ0n) is 17.4. The molecule has 2 aliphatic heterocycles. The number of hydrogen-bond donors (Lipinski definition) is 2. The molecule has 28 heavy (non-hydrogen) atoms. The van der Waals surface area contributed by atoms with Crippen LogP contribution in [0.5, 0.6) is 0 Å². The van der Waals surface area contributed by atoms with Crippen molar-refractivity contribution >= 4 is 11.9 Å². The minimum atomic E-state index is -0.290. The molecule has 2 fully saturated rings. The lowest BCUT2D eigenvalue weighted by atomic mass is 9.73. The lowest BCUT2D eigenvalue weighted by molar-refractivity contribution is -0.132. The lowest BCUT2D eigenvalue weighted by Gasteiger charge is -2.39. The molecule has 4 rings (SSSR count). The number of anilines is 1. The van der Waals surface area contributed by atoms with E-state index in [1.54, 1.807) is 0 Å². The summed E-state index contributed by atoms with van der Waals surface area (Å²) in [5.74, 6) is 0.954. The molecule has 0 aromatic carbocycles. The highest BCUT2D eigenvalue weighted by Gasteiger charge is 2.39. The molecule has 7 heteroatoms. The van der Waals surface area contributed by atoms with E-state index in [1.807, 2.05) is 6.20 Å². The third-order valence-corrected chi connectivity index (χ3v) is 6.52. The van der Waals surface area contributed by atoms with Crippen LogP contribution in [0.2, 0.25) is 0 Å². The van der Waals surface area contributed by atoms with Crippen molar-refractivity contribution < 1.29 is 9.53 Å². The summed E-state index contributed by atoms with van der Waals surface area (Å²) in [5.41, 5.74) is 1.97. The van der Waals surface area contributed by atoms with E-state index in [9.17, 15) is 4.79 Å². The Morgan fingerprint density at radius 3 is 2.68 bits per heavy atom. The van der Waals surface area contributed by atoms with E-state index in [1.165, 1.54) is 0 Å². The Hall–Kier alpha value is -1.73. The molecule has 1 atom stereocenters. The maximum absolute atomic E-state index is 13.1. The first-order valence-electron chi connectivity index (χ1n) is 10.6. The van der Waals surface area contributed by atoms with Gasteiger partial charge in [0.15, 0.2) is 0 Å². The van der Waals surface area contributed by atoms with Crippen molar-refractivity contribution in [3.8, 4) is 0 Å². The zero-order valence-corrected chi connectivity index (χ0v) is 17.4. The number of amides is 1. The van der Waals surface area contributed by atoms with Crippen molar-refractivity contribution in [2.24, 2.45) is 10.8 Å². The van der Waals surface area contributed by atoms with Gasteiger partial charge in [0.1, 0.15) is 0 Å². The monoisotopic (exact) mass is 387 g/mol. The Balaban J connectivity index is 1.56. The fourth-order valence-electron chi connectivity index (χ4n) is 4.62. The van der Waals surface area contributed by atoms with E-state index in [2.05, 4.69) is 41.3 Å². The number of aromatic nitrogens is 2. The van der Waals surface area contributed by atoms with Gasteiger partial charge in [0.05, 0.1) is 24.9 Å². The average molecular weight is 388 g/mol. The fraction of sp³-hybridized carbons (Fsp3) is 0.762. The Labute approximate surface area is 167 Å². The molecular formula is C21H33N5O2. The fourth-order valence-corrected chi connectivity index (χ4v) is 4.62. The summed E-state index contributed by atoms with van der Waals surface area (Å²) < 4.78 is 5.45. The molecule has 0 saturated carbocycles. The van der Waals surface area contributed by atoms with E-state index in [0.29, 0.717) is 0 Å². The topological polar surface area (TPSA) is 79.4 Å². The normalized spacial score (nSPS) is 26.4. The predicted octanol–water partition coefficient (Wildman–Crippen LogP) is 1.83. The maximum atomic E-state index is 13.1. The van der Waals surface area contributed by atoms with Gasteiger partial charge in [0.25, 0.3) is 0 Å². The Kier molecular flexibility index (Phi) is 5.31. The van der Waals surface area contributed by atoms with Gasteiger partial charge in [0.2, 0.25) is 11.9 Å². The van der Waals surface area contributed by atoms with Gasteiger partial charge in [0, 0.05) is 30.3 Å². The first kappa shape index (κ1) is 19.6. The van der Waals surface area contributed by atoms with Gasteiger partial charge < -0.3 is 20.3 Å². The number of hydrogen-bond acceptors (Lipinski definition) is 6. The molecule has 0 bridgehead atoms. The van der Waals surface area contributed by atoms with Crippen LogP contribution in [-0.4, -0.2) is 55.3 Å². The number of fused-ring (bicyclic) bond motifs is 1. The van der Waals surface area contributed by atoms with Crippen molar-refractivity contribution in [1.82, 2.24) is 20.6 Å². The van der Waals surface area contributed by atoms with Crippen LogP contribution in [-0.2, 0) is 16.0 Å². The molecule has 1 aliphatic carbocycles. The Morgan fingerprint density at radius 1 is 1.25 bits per heavy atom. The molecule has 0 spiro atoms. The summed E-state index contributed by atoms with van der Waals surface area (Å²) in [4.78, 5) is 24.9. The number of piperidine rings is 1. The first-order valence-corrected chi connectivity index (χ1v) is 10.6. The van der Waals surface area contributed by atoms with Crippen LogP contribution in [0.3, 0.4) is 0 Å². The molecule has 1 aromatic rings. The van der Waals surface area contributed by atoms with Crippen molar-refractivity contribution in [1.29, 1.82) is 0 Å². The van der Waals surface area contributed by atoms with Crippen LogP contribution >= 0.6 is 0 Å². The van der Waals surface area contributed by atoms with Crippen LogP contribution in [0.25, 0.3) is 0 Å². The van der Waals surface area contributed by atoms with Crippen LogP contribution in [0.15, 0.2) is 6.20 Å². The second-order valence-electron chi connectivity index (χ2n) is 9.55. The third-order valence-electron chi connectivity index (χ3n) is 6.52. The van der Waals surface area contributed by atoms with Crippen molar-refractivity contribution in [3.63, 3.8) is 0 Å². The number of nitrogens with one attached hydrogen (secondary N) is 2. The number of carbonyl (C=O) groups is 1. The highest BCUT2D eigenvalue weighted by Crippen LogP contribution is 2.41. The summed E-state index contributed by atoms with van der Waals surface area (Å²) in [6, 6.07) is -0.0169. The van der Waals surface area contributed by atoms with E-state index in [-0.39, 0.29) is 22.8 Å². The molecule has 7 nitrogen and oxygen atoms in total. The van der Waals surface area contributed by atoms with Crippen molar-refractivity contribution in [3.05, 3.63) is 17.5 Å². The molecular weight excluding hydrogens is 354 g/mol. The summed E-state index contributed by atoms with van der Waals surface area (Å²) >= 11 is 0. The number of nitrogens with zero attached hydrogens (tertiary/aromatic N) is 3. The Bertz CT molecular complexity index is 724. The lowest BCUT2D eigenvalue weighted by Crippen LogP contribution is -2.48. The molecule has 1 amide bonds.